The minimum Gasteiger partial charge on any atom is -0.0988 e. The zero-order valence-electron chi connectivity index (χ0n) is 13.0. The highest BCUT2D eigenvalue weighted by molar-refractivity contribution is 7.43. The van der Waals surface area contributed by atoms with E-state index in [1.807, 2.05) is 6.08 Å². The lowest BCUT2D eigenvalue weighted by Crippen LogP contribution is -2.27. The van der Waals surface area contributed by atoms with Crippen LogP contribution in [0.4, 0.5) is 0 Å². The molecule has 1 atom stereocenters. The van der Waals surface area contributed by atoms with Crippen molar-refractivity contribution in [2.24, 2.45) is 10.8 Å². The molecule has 1 saturated carbocycles. The van der Waals surface area contributed by atoms with Gasteiger partial charge >= 0.3 is 0 Å². The first-order valence-electron chi connectivity index (χ1n) is 7.38. The van der Waals surface area contributed by atoms with E-state index < -0.39 is 0 Å². The number of rotatable bonds is 6. The van der Waals surface area contributed by atoms with Gasteiger partial charge in [0.2, 0.25) is 0 Å². The normalized spacial score (nSPS) is 20.6. The van der Waals surface area contributed by atoms with Crippen LogP contribution in [0.3, 0.4) is 0 Å². The summed E-state index contributed by atoms with van der Waals surface area (Å²) in [4.78, 5) is 0. The third kappa shape index (κ3) is 3.16. The third-order valence-corrected chi connectivity index (χ3v) is 6.44. The SMILES string of the molecule is C=CC(=C)C(C)(C)C1=C=C=C(PCC2(C)CCC2)C=C1. The van der Waals surface area contributed by atoms with Crippen LogP contribution in [0.1, 0.15) is 40.0 Å². The fraction of sp³-hybridized carbons (Fsp3) is 0.474. The van der Waals surface area contributed by atoms with Crippen molar-refractivity contribution in [3.8, 4) is 0 Å². The quantitative estimate of drug-likeness (QED) is 0.330. The zero-order valence-corrected chi connectivity index (χ0v) is 14.0. The Balaban J connectivity index is 2.11. The van der Waals surface area contributed by atoms with Gasteiger partial charge in [-0.3, -0.25) is 0 Å². The van der Waals surface area contributed by atoms with Gasteiger partial charge in [-0.25, -0.2) is 0 Å². The van der Waals surface area contributed by atoms with Gasteiger partial charge in [-0.2, -0.15) is 0 Å². The van der Waals surface area contributed by atoms with E-state index in [1.54, 1.807) is 0 Å². The Morgan fingerprint density at radius 3 is 2.55 bits per heavy atom. The molecule has 20 heavy (non-hydrogen) atoms. The molecular weight excluding hydrogens is 259 g/mol. The van der Waals surface area contributed by atoms with Gasteiger partial charge in [-0.05, 0) is 42.1 Å². The molecule has 2 aliphatic rings. The molecular formula is C19H25P. The Morgan fingerprint density at radius 2 is 2.10 bits per heavy atom. The van der Waals surface area contributed by atoms with Crippen LogP contribution in [0, 0.1) is 10.8 Å². The zero-order chi connectivity index (χ0) is 14.8. The Kier molecular flexibility index (Phi) is 4.41. The van der Waals surface area contributed by atoms with E-state index >= 15 is 0 Å². The van der Waals surface area contributed by atoms with E-state index in [2.05, 4.69) is 57.5 Å². The smallest absolute Gasteiger partial charge is 0.0227 e. The van der Waals surface area contributed by atoms with Crippen LogP contribution in [0.2, 0.25) is 0 Å². The van der Waals surface area contributed by atoms with Crippen molar-refractivity contribution in [1.29, 1.82) is 0 Å². The fourth-order valence-electron chi connectivity index (χ4n) is 2.55. The maximum atomic E-state index is 4.08. The van der Waals surface area contributed by atoms with E-state index in [-0.39, 0.29) is 5.41 Å². The van der Waals surface area contributed by atoms with Gasteiger partial charge in [-0.1, -0.05) is 66.5 Å². The van der Waals surface area contributed by atoms with Crippen LogP contribution in [0.15, 0.2) is 59.3 Å². The summed E-state index contributed by atoms with van der Waals surface area (Å²) in [6.45, 7) is 14.6. The van der Waals surface area contributed by atoms with Crippen molar-refractivity contribution in [3.63, 3.8) is 0 Å². The second-order valence-corrected chi connectivity index (χ2v) is 8.03. The van der Waals surface area contributed by atoms with E-state index in [0.29, 0.717) is 5.41 Å². The van der Waals surface area contributed by atoms with Crippen molar-refractivity contribution in [2.75, 3.05) is 6.16 Å². The topological polar surface area (TPSA) is 0 Å². The lowest BCUT2D eigenvalue weighted by molar-refractivity contribution is 0.197. The van der Waals surface area contributed by atoms with Gasteiger partial charge < -0.3 is 0 Å². The van der Waals surface area contributed by atoms with Crippen LogP contribution in [-0.4, -0.2) is 6.16 Å². The lowest BCUT2D eigenvalue weighted by atomic mass is 9.72. The third-order valence-electron chi connectivity index (χ3n) is 4.74. The summed E-state index contributed by atoms with van der Waals surface area (Å²) >= 11 is 0. The van der Waals surface area contributed by atoms with Crippen LogP contribution < -0.4 is 0 Å². The maximum absolute atomic E-state index is 4.08. The summed E-state index contributed by atoms with van der Waals surface area (Å²) in [5.41, 5.74) is 9.35. The van der Waals surface area contributed by atoms with E-state index in [4.69, 9.17) is 0 Å². The maximum Gasteiger partial charge on any atom is 0.0227 e. The average molecular weight is 284 g/mol. The van der Waals surface area contributed by atoms with E-state index in [1.165, 1.54) is 30.7 Å². The number of hydrogen-bond donors (Lipinski definition) is 0. The monoisotopic (exact) mass is 284 g/mol. The molecule has 1 heteroatoms. The standard InChI is InChI=1S/C19H25P/c1-6-15(2)18(3,4)16-8-10-17(11-9-16)20-14-19(5)12-7-13-19/h6,8,10,20H,1-2,7,12-14H2,3-5H3. The average Bonchev–Trinajstić information content (AvgIpc) is 2.42. The highest BCUT2D eigenvalue weighted by Crippen LogP contribution is 2.46. The summed E-state index contributed by atoms with van der Waals surface area (Å²) in [6, 6.07) is 0. The fourth-order valence-corrected chi connectivity index (χ4v) is 3.87. The summed E-state index contributed by atoms with van der Waals surface area (Å²) < 4.78 is 0. The van der Waals surface area contributed by atoms with Crippen molar-refractivity contribution < 1.29 is 0 Å². The molecule has 0 amide bonds. The molecule has 0 radical (unpaired) electrons. The van der Waals surface area contributed by atoms with Crippen LogP contribution in [0.5, 0.6) is 0 Å². The molecule has 1 fully saturated rings. The van der Waals surface area contributed by atoms with Gasteiger partial charge in [0.1, 0.15) is 0 Å². The molecule has 0 spiro atoms. The summed E-state index contributed by atoms with van der Waals surface area (Å²) in [5.74, 6) is 0. The molecule has 0 N–H and O–H groups in total. The molecule has 0 aromatic heterocycles. The van der Waals surface area contributed by atoms with Gasteiger partial charge in [0.05, 0.1) is 0 Å². The summed E-state index contributed by atoms with van der Waals surface area (Å²) in [7, 11) is 0.859. The molecule has 2 aliphatic carbocycles. The van der Waals surface area contributed by atoms with Gasteiger partial charge in [0.25, 0.3) is 0 Å². The minimum atomic E-state index is -0.111. The van der Waals surface area contributed by atoms with E-state index in [0.717, 1.165) is 19.7 Å². The number of hydrogen-bond acceptors (Lipinski definition) is 0. The van der Waals surface area contributed by atoms with Gasteiger partial charge in [-0.15, -0.1) is 0 Å². The second-order valence-electron chi connectivity index (χ2n) is 6.78. The molecule has 0 bridgehead atoms. The minimum absolute atomic E-state index is 0.111. The van der Waals surface area contributed by atoms with Crippen LogP contribution in [0.25, 0.3) is 0 Å². The first-order valence-corrected chi connectivity index (χ1v) is 8.58. The summed E-state index contributed by atoms with van der Waals surface area (Å²) in [5, 5.41) is 1.31. The lowest BCUT2D eigenvalue weighted by Gasteiger charge is -2.38. The van der Waals surface area contributed by atoms with Crippen molar-refractivity contribution >= 4 is 8.58 Å². The molecule has 0 aromatic carbocycles. The Morgan fingerprint density at radius 1 is 1.40 bits per heavy atom. The molecule has 106 valence electrons. The second kappa shape index (κ2) is 5.75. The first kappa shape index (κ1) is 15.3. The number of allylic oxidation sites excluding steroid dienone is 6. The Hall–Kier alpha value is -1.05. The molecule has 2 rings (SSSR count). The Bertz CT molecular complexity index is 555. The van der Waals surface area contributed by atoms with Gasteiger partial charge in [0, 0.05) is 16.3 Å². The molecule has 0 aliphatic heterocycles. The van der Waals surface area contributed by atoms with Crippen molar-refractivity contribution in [3.05, 3.63) is 59.3 Å². The van der Waals surface area contributed by atoms with E-state index in [9.17, 15) is 0 Å². The van der Waals surface area contributed by atoms with Crippen molar-refractivity contribution in [2.45, 2.75) is 40.0 Å². The van der Waals surface area contributed by atoms with Crippen LogP contribution in [-0.2, 0) is 0 Å². The van der Waals surface area contributed by atoms with Crippen LogP contribution >= 0.6 is 8.58 Å². The molecule has 0 saturated heterocycles. The summed E-state index contributed by atoms with van der Waals surface area (Å²) in [6.07, 6.45) is 11.7. The highest BCUT2D eigenvalue weighted by atomic mass is 31.1. The predicted octanol–water partition coefficient (Wildman–Crippen LogP) is 5.76. The van der Waals surface area contributed by atoms with Crippen molar-refractivity contribution in [1.82, 2.24) is 0 Å². The van der Waals surface area contributed by atoms with Gasteiger partial charge in [0.15, 0.2) is 0 Å². The Labute approximate surface area is 125 Å². The first-order chi connectivity index (χ1) is 9.37. The molecule has 0 heterocycles. The molecule has 0 aromatic rings. The largest absolute Gasteiger partial charge is 0.0988 e. The molecule has 1 unspecified atom stereocenters. The molecule has 0 nitrogen and oxygen atoms in total. The predicted molar refractivity (Wildman–Crippen MR) is 91.5 cm³/mol. The highest BCUT2D eigenvalue weighted by Gasteiger charge is 2.31.